The van der Waals surface area contributed by atoms with Crippen molar-refractivity contribution in [2.45, 2.75) is 32.9 Å². The SMILES string of the molecule is CC(C)CNC(=O)[C@H](Cc1ccccc1)N(Cc1ccccc1F)C(=O)COc1ccc(F)cc1. The van der Waals surface area contributed by atoms with Crippen LogP contribution < -0.4 is 10.1 Å². The number of carbonyl (C=O) groups excluding carboxylic acids is 2. The van der Waals surface area contributed by atoms with E-state index < -0.39 is 23.6 Å². The highest BCUT2D eigenvalue weighted by Gasteiger charge is 2.31. The number of hydrogen-bond acceptors (Lipinski definition) is 3. The van der Waals surface area contributed by atoms with Gasteiger partial charge in [0.1, 0.15) is 23.4 Å². The molecule has 0 bridgehead atoms. The molecule has 0 saturated heterocycles. The maximum Gasteiger partial charge on any atom is 0.261 e. The van der Waals surface area contributed by atoms with E-state index in [0.717, 1.165) is 5.56 Å². The maximum atomic E-state index is 14.5. The van der Waals surface area contributed by atoms with Crippen LogP contribution in [0.1, 0.15) is 25.0 Å². The van der Waals surface area contributed by atoms with Gasteiger partial charge in [-0.05, 0) is 41.8 Å². The summed E-state index contributed by atoms with van der Waals surface area (Å²) in [6.07, 6.45) is 0.251. The van der Waals surface area contributed by atoms with Crippen molar-refractivity contribution in [3.63, 3.8) is 0 Å². The molecule has 1 atom stereocenters. The molecule has 3 rings (SSSR count). The normalized spacial score (nSPS) is 11.7. The molecule has 7 heteroatoms. The summed E-state index contributed by atoms with van der Waals surface area (Å²) in [6, 6.07) is 19.9. The number of nitrogens with zero attached hydrogens (tertiary/aromatic N) is 1. The van der Waals surface area contributed by atoms with Gasteiger partial charge in [0.15, 0.2) is 6.61 Å². The van der Waals surface area contributed by atoms with Crippen LogP contribution in [0, 0.1) is 17.6 Å². The summed E-state index contributed by atoms with van der Waals surface area (Å²) in [6.45, 7) is 3.90. The number of ether oxygens (including phenoxy) is 1. The lowest BCUT2D eigenvalue weighted by atomic mass is 10.0. The van der Waals surface area contributed by atoms with Gasteiger partial charge in [-0.15, -0.1) is 0 Å². The Morgan fingerprint density at radius 2 is 1.57 bits per heavy atom. The Hall–Kier alpha value is -3.74. The Bertz CT molecular complexity index is 1100. The smallest absolute Gasteiger partial charge is 0.261 e. The Balaban J connectivity index is 1.90. The molecule has 0 radical (unpaired) electrons. The van der Waals surface area contributed by atoms with E-state index in [2.05, 4.69) is 5.32 Å². The van der Waals surface area contributed by atoms with Crippen molar-refractivity contribution < 1.29 is 23.1 Å². The quantitative estimate of drug-likeness (QED) is 0.431. The molecule has 3 aromatic rings. The van der Waals surface area contributed by atoms with Gasteiger partial charge >= 0.3 is 0 Å². The number of hydrogen-bond donors (Lipinski definition) is 1. The predicted molar refractivity (Wildman–Crippen MR) is 131 cm³/mol. The fourth-order valence-electron chi connectivity index (χ4n) is 3.55. The van der Waals surface area contributed by atoms with E-state index in [1.807, 2.05) is 44.2 Å². The van der Waals surface area contributed by atoms with Gasteiger partial charge in [-0.3, -0.25) is 9.59 Å². The summed E-state index contributed by atoms with van der Waals surface area (Å²) < 4.78 is 33.3. The molecule has 0 aliphatic rings. The second-order valence-corrected chi connectivity index (χ2v) is 8.70. The average molecular weight is 481 g/mol. The number of amides is 2. The van der Waals surface area contributed by atoms with E-state index in [0.29, 0.717) is 12.3 Å². The standard InChI is InChI=1S/C28H30F2N2O3/c1-20(2)17-31-28(34)26(16-21-8-4-3-5-9-21)32(18-22-10-6-7-11-25(22)30)27(33)19-35-24-14-12-23(29)13-15-24/h3-15,20,26H,16-19H2,1-2H3,(H,31,34)/t26-/m0/s1. The van der Waals surface area contributed by atoms with Crippen molar-refractivity contribution >= 4 is 11.8 Å². The molecule has 184 valence electrons. The van der Waals surface area contributed by atoms with Crippen molar-refractivity contribution in [3.8, 4) is 5.75 Å². The number of carbonyl (C=O) groups is 2. The first-order valence-electron chi connectivity index (χ1n) is 11.6. The summed E-state index contributed by atoms with van der Waals surface area (Å²) in [7, 11) is 0. The van der Waals surface area contributed by atoms with E-state index in [4.69, 9.17) is 4.74 Å². The monoisotopic (exact) mass is 480 g/mol. The molecule has 3 aromatic carbocycles. The predicted octanol–water partition coefficient (Wildman–Crippen LogP) is 4.76. The molecular formula is C28H30F2N2O3. The molecule has 0 fully saturated rings. The molecule has 0 saturated carbocycles. The zero-order valence-corrected chi connectivity index (χ0v) is 19.9. The van der Waals surface area contributed by atoms with Crippen LogP contribution in [-0.2, 0) is 22.6 Å². The largest absolute Gasteiger partial charge is 0.484 e. The number of benzene rings is 3. The van der Waals surface area contributed by atoms with Crippen molar-refractivity contribution in [2.75, 3.05) is 13.2 Å². The molecule has 0 spiro atoms. The second-order valence-electron chi connectivity index (χ2n) is 8.70. The van der Waals surface area contributed by atoms with Crippen LogP contribution in [0.5, 0.6) is 5.75 Å². The lowest BCUT2D eigenvalue weighted by molar-refractivity contribution is -0.142. The van der Waals surface area contributed by atoms with Crippen LogP contribution in [-0.4, -0.2) is 35.9 Å². The first kappa shape index (κ1) is 25.9. The average Bonchev–Trinajstić information content (AvgIpc) is 2.85. The topological polar surface area (TPSA) is 58.6 Å². The van der Waals surface area contributed by atoms with Gasteiger partial charge in [0.2, 0.25) is 5.91 Å². The fraction of sp³-hybridized carbons (Fsp3) is 0.286. The first-order chi connectivity index (χ1) is 16.8. The van der Waals surface area contributed by atoms with Crippen LogP contribution in [0.2, 0.25) is 0 Å². The summed E-state index contributed by atoms with van der Waals surface area (Å²) in [4.78, 5) is 28.1. The van der Waals surface area contributed by atoms with Gasteiger partial charge < -0.3 is 15.0 Å². The molecule has 0 aliphatic heterocycles. The molecule has 5 nitrogen and oxygen atoms in total. The summed E-state index contributed by atoms with van der Waals surface area (Å²) in [5.74, 6) is -1.17. The Morgan fingerprint density at radius 3 is 2.23 bits per heavy atom. The minimum absolute atomic E-state index is 0.106. The zero-order valence-electron chi connectivity index (χ0n) is 19.9. The zero-order chi connectivity index (χ0) is 25.2. The fourth-order valence-corrected chi connectivity index (χ4v) is 3.55. The van der Waals surface area contributed by atoms with Gasteiger partial charge in [0, 0.05) is 25.1 Å². The highest BCUT2D eigenvalue weighted by molar-refractivity contribution is 5.88. The minimum atomic E-state index is -0.889. The molecule has 35 heavy (non-hydrogen) atoms. The van der Waals surface area contributed by atoms with E-state index in [9.17, 15) is 18.4 Å². The van der Waals surface area contributed by atoms with Crippen molar-refractivity contribution in [1.82, 2.24) is 10.2 Å². The van der Waals surface area contributed by atoms with Gasteiger partial charge in [0.25, 0.3) is 5.91 Å². The van der Waals surface area contributed by atoms with Crippen LogP contribution in [0.25, 0.3) is 0 Å². The molecular weight excluding hydrogens is 450 g/mol. The number of halogens is 2. The van der Waals surface area contributed by atoms with E-state index in [1.54, 1.807) is 18.2 Å². The van der Waals surface area contributed by atoms with Gasteiger partial charge in [-0.2, -0.15) is 0 Å². The van der Waals surface area contributed by atoms with Gasteiger partial charge in [0.05, 0.1) is 0 Å². The van der Waals surface area contributed by atoms with E-state index in [1.165, 1.54) is 35.2 Å². The maximum absolute atomic E-state index is 14.5. The highest BCUT2D eigenvalue weighted by atomic mass is 19.1. The Kier molecular flexibility index (Phi) is 9.35. The van der Waals surface area contributed by atoms with Crippen LogP contribution in [0.3, 0.4) is 0 Å². The van der Waals surface area contributed by atoms with Gasteiger partial charge in [-0.1, -0.05) is 62.4 Å². The lowest BCUT2D eigenvalue weighted by Gasteiger charge is -2.31. The van der Waals surface area contributed by atoms with Crippen LogP contribution in [0.15, 0.2) is 78.9 Å². The van der Waals surface area contributed by atoms with Crippen molar-refractivity contribution in [3.05, 3.63) is 102 Å². The van der Waals surface area contributed by atoms with Crippen molar-refractivity contribution in [2.24, 2.45) is 5.92 Å². The Labute approximate surface area is 204 Å². The third-order valence-electron chi connectivity index (χ3n) is 5.43. The van der Waals surface area contributed by atoms with Crippen LogP contribution >= 0.6 is 0 Å². The van der Waals surface area contributed by atoms with E-state index >= 15 is 0 Å². The molecule has 0 aromatic heterocycles. The number of nitrogens with one attached hydrogen (secondary N) is 1. The molecule has 1 N–H and O–H groups in total. The van der Waals surface area contributed by atoms with E-state index in [-0.39, 0.29) is 37.0 Å². The second kappa shape index (κ2) is 12.6. The Morgan fingerprint density at radius 1 is 0.914 bits per heavy atom. The minimum Gasteiger partial charge on any atom is -0.484 e. The summed E-state index contributed by atoms with van der Waals surface area (Å²) in [5, 5.41) is 2.91. The molecule has 0 heterocycles. The first-order valence-corrected chi connectivity index (χ1v) is 11.6. The van der Waals surface area contributed by atoms with Crippen molar-refractivity contribution in [1.29, 1.82) is 0 Å². The molecule has 2 amide bonds. The third-order valence-corrected chi connectivity index (χ3v) is 5.43. The lowest BCUT2D eigenvalue weighted by Crippen LogP contribution is -2.52. The molecule has 0 aliphatic carbocycles. The summed E-state index contributed by atoms with van der Waals surface area (Å²) >= 11 is 0. The number of rotatable bonds is 11. The summed E-state index contributed by atoms with van der Waals surface area (Å²) in [5.41, 5.74) is 1.15. The highest BCUT2D eigenvalue weighted by Crippen LogP contribution is 2.18. The third kappa shape index (κ3) is 7.91. The molecule has 0 unspecified atom stereocenters. The van der Waals surface area contributed by atoms with Crippen LogP contribution in [0.4, 0.5) is 8.78 Å². The van der Waals surface area contributed by atoms with Gasteiger partial charge in [-0.25, -0.2) is 8.78 Å².